The number of benzene rings is 3. The summed E-state index contributed by atoms with van der Waals surface area (Å²) < 4.78 is 23.1. The van der Waals surface area contributed by atoms with Crippen molar-refractivity contribution in [3.63, 3.8) is 0 Å². The summed E-state index contributed by atoms with van der Waals surface area (Å²) >= 11 is 21.8. The van der Waals surface area contributed by atoms with E-state index in [9.17, 15) is 14.7 Å². The van der Waals surface area contributed by atoms with Crippen LogP contribution in [0.25, 0.3) is 0 Å². The van der Waals surface area contributed by atoms with Gasteiger partial charge in [-0.15, -0.1) is 0 Å². The fraction of sp³-hybridized carbons (Fsp3) is 0.258. The Bertz CT molecular complexity index is 1670. The highest BCUT2D eigenvalue weighted by Crippen LogP contribution is 2.35. The molecule has 1 heterocycles. The summed E-state index contributed by atoms with van der Waals surface area (Å²) in [5.41, 5.74) is 5.15. The number of esters is 1. The molecule has 4 N–H and O–H groups in total. The number of carbonyl (C=O) groups is 2. The van der Waals surface area contributed by atoms with Crippen LogP contribution in [0.3, 0.4) is 0 Å². The predicted octanol–water partition coefficient (Wildman–Crippen LogP) is 6.51. The quantitative estimate of drug-likeness (QED) is 0.0671. The number of urea groups is 1. The standard InChI is InChI=1S/C31H30BrCl3N4O7/c1-4-44-25-11-18(28-27(30(41)43-3)16(2)37-31(42)38-28)6-8-24(25)45-15-26(40)39-36-13-19-10-20(33)12-21(32)29(19)46-14-17-5-7-22(34)23(35)9-17/h5-13,26,28,39-40H,4,14-15H2,1-3H3,(H2,37,38,42)/b36-13+/t26-,28+/m1/s1. The summed E-state index contributed by atoms with van der Waals surface area (Å²) in [7, 11) is 1.27. The molecule has 2 amide bonds. The van der Waals surface area contributed by atoms with Crippen LogP contribution >= 0.6 is 50.7 Å². The smallest absolute Gasteiger partial charge is 0.337 e. The molecule has 0 aliphatic carbocycles. The first-order valence-electron chi connectivity index (χ1n) is 13.8. The number of methoxy groups -OCH3 is 1. The SMILES string of the molecule is CCOc1cc([C@@H]2NC(=O)NC(C)=C2C(=O)OC)ccc1OC[C@@H](O)N/N=C/c1cc(Cl)cc(Br)c1OCc1ccc(Cl)c(Cl)c1. The number of hydrazone groups is 1. The van der Waals surface area contributed by atoms with Crippen molar-refractivity contribution in [1.29, 1.82) is 0 Å². The highest BCUT2D eigenvalue weighted by atomic mass is 79.9. The Morgan fingerprint density at radius 2 is 1.87 bits per heavy atom. The lowest BCUT2D eigenvalue weighted by Crippen LogP contribution is -2.45. The first-order chi connectivity index (χ1) is 22.0. The van der Waals surface area contributed by atoms with E-state index in [0.717, 1.165) is 5.56 Å². The number of aliphatic hydroxyl groups is 1. The van der Waals surface area contributed by atoms with Gasteiger partial charge in [-0.2, -0.15) is 5.10 Å². The molecule has 2 atom stereocenters. The van der Waals surface area contributed by atoms with Crippen LogP contribution in [0.5, 0.6) is 17.2 Å². The summed E-state index contributed by atoms with van der Waals surface area (Å²) in [6, 6.07) is 12.3. The lowest BCUT2D eigenvalue weighted by atomic mass is 9.95. The third-order valence-electron chi connectivity index (χ3n) is 6.50. The first-order valence-corrected chi connectivity index (χ1v) is 15.7. The summed E-state index contributed by atoms with van der Waals surface area (Å²) in [4.78, 5) is 24.6. The molecular weight excluding hydrogens is 727 g/mol. The van der Waals surface area contributed by atoms with E-state index in [1.54, 1.807) is 62.4 Å². The van der Waals surface area contributed by atoms with E-state index in [4.69, 9.17) is 53.8 Å². The van der Waals surface area contributed by atoms with E-state index < -0.39 is 24.3 Å². The molecule has 0 saturated carbocycles. The Kier molecular flexibility index (Phi) is 12.4. The molecular formula is C31H30BrCl3N4O7. The Morgan fingerprint density at radius 1 is 1.09 bits per heavy atom. The number of allylic oxidation sites excluding steroid dienone is 1. The van der Waals surface area contributed by atoms with Gasteiger partial charge in [0.1, 0.15) is 19.0 Å². The van der Waals surface area contributed by atoms with Gasteiger partial charge in [0.15, 0.2) is 17.7 Å². The zero-order chi connectivity index (χ0) is 33.4. The van der Waals surface area contributed by atoms with Crippen molar-refractivity contribution in [3.8, 4) is 17.2 Å². The van der Waals surface area contributed by atoms with E-state index in [1.165, 1.54) is 13.3 Å². The van der Waals surface area contributed by atoms with Crippen molar-refractivity contribution in [1.82, 2.24) is 16.1 Å². The Hall–Kier alpha value is -3.68. The first kappa shape index (κ1) is 35.2. The number of carbonyl (C=O) groups excluding carboxylic acids is 2. The number of amides is 2. The molecule has 0 radical (unpaired) electrons. The second kappa shape index (κ2) is 16.2. The van der Waals surface area contributed by atoms with Gasteiger partial charge in [0.25, 0.3) is 0 Å². The summed E-state index contributed by atoms with van der Waals surface area (Å²) in [6.07, 6.45) is 0.237. The number of nitrogens with zero attached hydrogens (tertiary/aromatic N) is 1. The third-order valence-corrected chi connectivity index (χ3v) is 8.05. The number of nitrogens with one attached hydrogen (secondary N) is 3. The minimum absolute atomic E-state index is 0.201. The Labute approximate surface area is 288 Å². The number of ether oxygens (including phenoxy) is 4. The molecule has 0 unspecified atom stereocenters. The minimum Gasteiger partial charge on any atom is -0.490 e. The molecule has 15 heteroatoms. The summed E-state index contributed by atoms with van der Waals surface area (Å²) in [5, 5.41) is 21.3. The van der Waals surface area contributed by atoms with Crippen LogP contribution in [0, 0.1) is 0 Å². The van der Waals surface area contributed by atoms with Crippen molar-refractivity contribution < 1.29 is 33.6 Å². The number of hydrogen-bond acceptors (Lipinski definition) is 9. The Morgan fingerprint density at radius 3 is 2.59 bits per heavy atom. The molecule has 11 nitrogen and oxygen atoms in total. The molecule has 46 heavy (non-hydrogen) atoms. The van der Waals surface area contributed by atoms with Crippen molar-refractivity contribution in [2.75, 3.05) is 20.3 Å². The largest absolute Gasteiger partial charge is 0.490 e. The van der Waals surface area contributed by atoms with Gasteiger partial charge in [-0.05, 0) is 77.3 Å². The van der Waals surface area contributed by atoms with Crippen molar-refractivity contribution >= 4 is 68.9 Å². The van der Waals surface area contributed by atoms with E-state index >= 15 is 0 Å². The molecule has 0 bridgehead atoms. The maximum Gasteiger partial charge on any atom is 0.337 e. The molecule has 0 spiro atoms. The van der Waals surface area contributed by atoms with Gasteiger partial charge in [-0.25, -0.2) is 9.59 Å². The van der Waals surface area contributed by atoms with Crippen LogP contribution in [-0.4, -0.2) is 49.9 Å². The maximum absolute atomic E-state index is 12.5. The zero-order valence-electron chi connectivity index (χ0n) is 24.8. The normalized spacial score (nSPS) is 15.2. The number of hydrogen-bond donors (Lipinski definition) is 4. The monoisotopic (exact) mass is 754 g/mol. The second-order valence-electron chi connectivity index (χ2n) is 9.76. The lowest BCUT2D eigenvalue weighted by Gasteiger charge is -2.28. The highest BCUT2D eigenvalue weighted by Gasteiger charge is 2.32. The van der Waals surface area contributed by atoms with Crippen LogP contribution in [0.15, 0.2) is 69.4 Å². The van der Waals surface area contributed by atoms with Crippen LogP contribution in [0.1, 0.15) is 36.6 Å². The fourth-order valence-electron chi connectivity index (χ4n) is 4.43. The molecule has 0 aromatic heterocycles. The minimum atomic E-state index is -1.21. The summed E-state index contributed by atoms with van der Waals surface area (Å²) in [6.45, 7) is 3.73. The number of aliphatic hydroxyl groups excluding tert-OH is 1. The van der Waals surface area contributed by atoms with Gasteiger partial charge in [0.05, 0.1) is 46.1 Å². The van der Waals surface area contributed by atoms with E-state index in [0.29, 0.717) is 60.2 Å². The number of rotatable bonds is 13. The van der Waals surface area contributed by atoms with Gasteiger partial charge in [0.2, 0.25) is 0 Å². The van der Waals surface area contributed by atoms with Crippen LogP contribution < -0.4 is 30.3 Å². The zero-order valence-corrected chi connectivity index (χ0v) is 28.7. The van der Waals surface area contributed by atoms with E-state index in [-0.39, 0.29) is 18.8 Å². The molecule has 244 valence electrons. The van der Waals surface area contributed by atoms with E-state index in [2.05, 4.69) is 37.1 Å². The van der Waals surface area contributed by atoms with E-state index in [1.807, 2.05) is 0 Å². The Balaban J connectivity index is 1.43. The molecule has 1 aliphatic heterocycles. The molecule has 0 fully saturated rings. The second-order valence-corrected chi connectivity index (χ2v) is 11.9. The van der Waals surface area contributed by atoms with Crippen LogP contribution in [-0.2, 0) is 16.1 Å². The average molecular weight is 757 g/mol. The molecule has 4 rings (SSSR count). The predicted molar refractivity (Wildman–Crippen MR) is 179 cm³/mol. The third kappa shape index (κ3) is 8.98. The van der Waals surface area contributed by atoms with Crippen LogP contribution in [0.4, 0.5) is 4.79 Å². The topological polar surface area (TPSA) is 140 Å². The molecule has 3 aromatic rings. The lowest BCUT2D eigenvalue weighted by molar-refractivity contribution is -0.136. The summed E-state index contributed by atoms with van der Waals surface area (Å²) in [5.74, 6) is 0.558. The van der Waals surface area contributed by atoms with Crippen molar-refractivity contribution in [3.05, 3.63) is 96.0 Å². The highest BCUT2D eigenvalue weighted by molar-refractivity contribution is 9.10. The number of halogens is 4. The van der Waals surface area contributed by atoms with Gasteiger partial charge in [-0.1, -0.05) is 46.9 Å². The fourth-order valence-corrected chi connectivity index (χ4v) is 5.70. The van der Waals surface area contributed by atoms with Crippen LogP contribution in [0.2, 0.25) is 15.1 Å². The van der Waals surface area contributed by atoms with Gasteiger partial charge in [0, 0.05) is 16.3 Å². The maximum atomic E-state index is 12.5. The average Bonchev–Trinajstić information content (AvgIpc) is 3.01. The molecule has 1 aliphatic rings. The van der Waals surface area contributed by atoms with Crippen molar-refractivity contribution in [2.45, 2.75) is 32.7 Å². The van der Waals surface area contributed by atoms with Gasteiger partial charge >= 0.3 is 12.0 Å². The van der Waals surface area contributed by atoms with Crippen molar-refractivity contribution in [2.24, 2.45) is 5.10 Å². The van der Waals surface area contributed by atoms with Gasteiger partial charge < -0.3 is 34.7 Å². The van der Waals surface area contributed by atoms with Gasteiger partial charge in [-0.3, -0.25) is 5.43 Å². The molecule has 3 aromatic carbocycles. The molecule has 0 saturated heterocycles.